The number of aliphatic hydroxyl groups is 7. The van der Waals surface area contributed by atoms with Gasteiger partial charge in [-0.05, 0) is 18.3 Å². The van der Waals surface area contributed by atoms with Gasteiger partial charge in [0.05, 0.1) is 32.0 Å². The van der Waals surface area contributed by atoms with Crippen molar-refractivity contribution < 1.29 is 45.2 Å². The first-order valence-corrected chi connectivity index (χ1v) is 9.20. The van der Waals surface area contributed by atoms with Gasteiger partial charge in [0.2, 0.25) is 0 Å². The van der Waals surface area contributed by atoms with Crippen LogP contribution in [0, 0.1) is 17.8 Å². The van der Waals surface area contributed by atoms with Crippen molar-refractivity contribution >= 4 is 0 Å². The van der Waals surface area contributed by atoms with E-state index in [2.05, 4.69) is 0 Å². The lowest BCUT2D eigenvalue weighted by Gasteiger charge is -2.43. The second kappa shape index (κ2) is 9.72. The maximum absolute atomic E-state index is 10.4. The van der Waals surface area contributed by atoms with Gasteiger partial charge in [-0.15, -0.1) is 0 Å². The van der Waals surface area contributed by atoms with Crippen LogP contribution in [0.1, 0.15) is 19.8 Å². The molecule has 9 heteroatoms. The largest absolute Gasteiger partial charge is 0.396 e. The second-order valence-corrected chi connectivity index (χ2v) is 7.40. The van der Waals surface area contributed by atoms with Crippen LogP contribution < -0.4 is 0 Å². The molecule has 2 rings (SSSR count). The predicted octanol–water partition coefficient (Wildman–Crippen LogP) is -2.78. The third kappa shape index (κ3) is 4.54. The van der Waals surface area contributed by atoms with E-state index in [0.717, 1.165) is 0 Å². The molecule has 2 fully saturated rings. The van der Waals surface area contributed by atoms with Gasteiger partial charge in [0.1, 0.15) is 30.5 Å². The Kier molecular flexibility index (Phi) is 8.20. The van der Waals surface area contributed by atoms with E-state index >= 15 is 0 Å². The molecule has 10 unspecified atom stereocenters. The Bertz CT molecular complexity index is 419. The second-order valence-electron chi connectivity index (χ2n) is 7.40. The van der Waals surface area contributed by atoms with Gasteiger partial charge in [-0.1, -0.05) is 13.3 Å². The summed E-state index contributed by atoms with van der Waals surface area (Å²) < 4.78 is 10.9. The Morgan fingerprint density at radius 2 is 1.42 bits per heavy atom. The van der Waals surface area contributed by atoms with Crippen LogP contribution in [-0.2, 0) is 9.47 Å². The molecule has 0 radical (unpaired) electrons. The summed E-state index contributed by atoms with van der Waals surface area (Å²) in [4.78, 5) is 0. The van der Waals surface area contributed by atoms with Gasteiger partial charge in [0.15, 0.2) is 0 Å². The third-order valence-corrected chi connectivity index (χ3v) is 5.83. The summed E-state index contributed by atoms with van der Waals surface area (Å²) in [5.41, 5.74) is 0. The number of ether oxygens (including phenoxy) is 2. The molecule has 154 valence electrons. The highest BCUT2D eigenvalue weighted by molar-refractivity contribution is 4.93. The lowest BCUT2D eigenvalue weighted by molar-refractivity contribution is -0.241. The fourth-order valence-electron chi connectivity index (χ4n) is 4.00. The topological polar surface area (TPSA) is 160 Å². The monoisotopic (exact) mass is 380 g/mol. The SMILES string of the molecule is CCC1CC(CO)C(COCC2OC(CO)C(O)C(O)C2O)C(O)C1O. The van der Waals surface area contributed by atoms with E-state index in [9.17, 15) is 35.7 Å². The van der Waals surface area contributed by atoms with E-state index in [0.29, 0.717) is 12.8 Å². The molecule has 0 amide bonds. The quantitative estimate of drug-likeness (QED) is 0.248. The molecule has 1 saturated heterocycles. The molecule has 0 aromatic carbocycles. The van der Waals surface area contributed by atoms with Crippen LogP contribution in [0.5, 0.6) is 0 Å². The van der Waals surface area contributed by atoms with Crippen molar-refractivity contribution in [3.63, 3.8) is 0 Å². The van der Waals surface area contributed by atoms with Crippen molar-refractivity contribution in [1.82, 2.24) is 0 Å². The molecule has 1 aliphatic carbocycles. The molecule has 7 N–H and O–H groups in total. The van der Waals surface area contributed by atoms with Crippen molar-refractivity contribution in [3.05, 3.63) is 0 Å². The first-order valence-electron chi connectivity index (χ1n) is 9.20. The van der Waals surface area contributed by atoms with E-state index in [1.165, 1.54) is 0 Å². The van der Waals surface area contributed by atoms with Gasteiger partial charge in [-0.25, -0.2) is 0 Å². The maximum atomic E-state index is 10.4. The zero-order chi connectivity index (χ0) is 19.4. The van der Waals surface area contributed by atoms with Gasteiger partial charge in [0, 0.05) is 12.5 Å². The number of aliphatic hydroxyl groups excluding tert-OH is 7. The maximum Gasteiger partial charge on any atom is 0.111 e. The Morgan fingerprint density at radius 3 is 2.00 bits per heavy atom. The summed E-state index contributed by atoms with van der Waals surface area (Å²) in [6, 6.07) is 0. The minimum atomic E-state index is -1.47. The Morgan fingerprint density at radius 1 is 0.769 bits per heavy atom. The number of hydrogen-bond acceptors (Lipinski definition) is 9. The van der Waals surface area contributed by atoms with Gasteiger partial charge < -0.3 is 45.2 Å². The minimum absolute atomic E-state index is 0.0366. The summed E-state index contributed by atoms with van der Waals surface area (Å²) in [5.74, 6) is -0.764. The number of hydrogen-bond donors (Lipinski definition) is 7. The lowest BCUT2D eigenvalue weighted by atomic mass is 9.70. The summed E-state index contributed by atoms with van der Waals surface area (Å²) in [6.45, 7) is 1.18. The van der Waals surface area contributed by atoms with Crippen LogP contribution in [0.25, 0.3) is 0 Å². The molecular weight excluding hydrogens is 348 g/mol. The predicted molar refractivity (Wildman–Crippen MR) is 89.1 cm³/mol. The summed E-state index contributed by atoms with van der Waals surface area (Å²) >= 11 is 0. The van der Waals surface area contributed by atoms with Crippen molar-refractivity contribution in [1.29, 1.82) is 0 Å². The Balaban J connectivity index is 1.91. The first kappa shape index (κ1) is 21.9. The normalized spacial score (nSPS) is 47.1. The molecule has 1 aliphatic heterocycles. The van der Waals surface area contributed by atoms with Crippen molar-refractivity contribution in [2.75, 3.05) is 26.4 Å². The molecule has 1 saturated carbocycles. The summed E-state index contributed by atoms with van der Waals surface area (Å²) in [7, 11) is 0. The van der Waals surface area contributed by atoms with Crippen LogP contribution in [-0.4, -0.2) is 105 Å². The van der Waals surface area contributed by atoms with Crippen molar-refractivity contribution in [2.24, 2.45) is 17.8 Å². The molecular formula is C17H32O9. The molecule has 0 spiro atoms. The summed E-state index contributed by atoms with van der Waals surface area (Å²) in [5, 5.41) is 68.9. The van der Waals surface area contributed by atoms with Crippen LogP contribution in [0.15, 0.2) is 0 Å². The van der Waals surface area contributed by atoms with Crippen LogP contribution in [0.3, 0.4) is 0 Å². The highest BCUT2D eigenvalue weighted by Gasteiger charge is 2.45. The van der Waals surface area contributed by atoms with Gasteiger partial charge in [0.25, 0.3) is 0 Å². The molecule has 10 atom stereocenters. The third-order valence-electron chi connectivity index (χ3n) is 5.83. The first-order chi connectivity index (χ1) is 12.3. The number of rotatable bonds is 7. The minimum Gasteiger partial charge on any atom is -0.396 e. The van der Waals surface area contributed by atoms with E-state index < -0.39 is 55.3 Å². The van der Waals surface area contributed by atoms with Gasteiger partial charge in [-0.2, -0.15) is 0 Å². The van der Waals surface area contributed by atoms with E-state index in [-0.39, 0.29) is 31.7 Å². The summed E-state index contributed by atoms with van der Waals surface area (Å²) in [6.07, 6.45) is -6.85. The molecule has 0 bridgehead atoms. The van der Waals surface area contributed by atoms with Gasteiger partial charge >= 0.3 is 0 Å². The van der Waals surface area contributed by atoms with Crippen molar-refractivity contribution in [3.8, 4) is 0 Å². The van der Waals surface area contributed by atoms with Crippen LogP contribution in [0.2, 0.25) is 0 Å². The highest BCUT2D eigenvalue weighted by Crippen LogP contribution is 2.36. The zero-order valence-corrected chi connectivity index (χ0v) is 15.0. The molecule has 0 aromatic rings. The fourth-order valence-corrected chi connectivity index (χ4v) is 4.00. The van der Waals surface area contributed by atoms with Crippen LogP contribution in [0.4, 0.5) is 0 Å². The average molecular weight is 380 g/mol. The molecule has 1 heterocycles. The van der Waals surface area contributed by atoms with Crippen LogP contribution >= 0.6 is 0 Å². The average Bonchev–Trinajstić information content (AvgIpc) is 2.65. The molecule has 2 aliphatic rings. The van der Waals surface area contributed by atoms with E-state index in [1.54, 1.807) is 0 Å². The molecule has 9 nitrogen and oxygen atoms in total. The Labute approximate surface area is 152 Å². The van der Waals surface area contributed by atoms with Crippen molar-refractivity contribution in [2.45, 2.75) is 62.5 Å². The smallest absolute Gasteiger partial charge is 0.111 e. The Hall–Kier alpha value is -0.360. The molecule has 26 heavy (non-hydrogen) atoms. The molecule has 0 aromatic heterocycles. The highest BCUT2D eigenvalue weighted by atomic mass is 16.6. The van der Waals surface area contributed by atoms with E-state index in [1.807, 2.05) is 6.92 Å². The zero-order valence-electron chi connectivity index (χ0n) is 15.0. The fraction of sp³-hybridized carbons (Fsp3) is 1.00. The lowest BCUT2D eigenvalue weighted by Crippen LogP contribution is -2.59. The van der Waals surface area contributed by atoms with E-state index in [4.69, 9.17) is 9.47 Å². The standard InChI is InChI=1S/C17H32O9/c1-2-8-3-9(4-18)10(14(21)13(8)20)6-25-7-12-16(23)17(24)15(22)11(5-19)26-12/h8-24H,2-7H2,1H3. The van der Waals surface area contributed by atoms with Gasteiger partial charge in [-0.3, -0.25) is 0 Å².